The highest BCUT2D eigenvalue weighted by Gasteiger charge is 2.10. The van der Waals surface area contributed by atoms with Crippen LogP contribution in [0.3, 0.4) is 0 Å². The van der Waals surface area contributed by atoms with E-state index >= 15 is 0 Å². The third-order valence-electron chi connectivity index (χ3n) is 2.68. The van der Waals surface area contributed by atoms with E-state index in [0.717, 1.165) is 5.56 Å². The first-order valence-electron chi connectivity index (χ1n) is 5.83. The highest BCUT2D eigenvalue weighted by atomic mass is 16.5. The quantitative estimate of drug-likeness (QED) is 0.708. The standard InChI is InChI=1S/C13H18N2O3/c1-15(10-7-13(17)18-2)12(16)4-3-11-5-8-14-9-6-11/h5-6,8-9H,3-4,7,10H2,1-2H3. The number of carbonyl (C=O) groups is 2. The van der Waals surface area contributed by atoms with Gasteiger partial charge in [-0.05, 0) is 24.1 Å². The van der Waals surface area contributed by atoms with Crippen LogP contribution in [-0.2, 0) is 20.7 Å². The summed E-state index contributed by atoms with van der Waals surface area (Å²) in [6.07, 6.45) is 4.77. The number of nitrogens with zero attached hydrogens (tertiary/aromatic N) is 2. The van der Waals surface area contributed by atoms with Gasteiger partial charge in [0.2, 0.25) is 5.91 Å². The fraction of sp³-hybridized carbons (Fsp3) is 0.462. The predicted molar refractivity (Wildman–Crippen MR) is 66.8 cm³/mol. The molecule has 0 atom stereocenters. The molecule has 0 N–H and O–H groups in total. The van der Waals surface area contributed by atoms with Crippen molar-refractivity contribution in [3.8, 4) is 0 Å². The minimum absolute atomic E-state index is 0.0238. The Balaban J connectivity index is 2.30. The van der Waals surface area contributed by atoms with Gasteiger partial charge in [-0.25, -0.2) is 0 Å². The number of hydrogen-bond donors (Lipinski definition) is 0. The molecule has 0 aliphatic heterocycles. The van der Waals surface area contributed by atoms with E-state index in [1.54, 1.807) is 24.3 Å². The van der Waals surface area contributed by atoms with Crippen molar-refractivity contribution in [2.24, 2.45) is 0 Å². The van der Waals surface area contributed by atoms with Crippen LogP contribution in [0.4, 0.5) is 0 Å². The van der Waals surface area contributed by atoms with Crippen LogP contribution in [0.25, 0.3) is 0 Å². The summed E-state index contributed by atoms with van der Waals surface area (Å²) in [7, 11) is 3.03. The lowest BCUT2D eigenvalue weighted by Gasteiger charge is -2.16. The van der Waals surface area contributed by atoms with Gasteiger partial charge in [-0.15, -0.1) is 0 Å². The van der Waals surface area contributed by atoms with Gasteiger partial charge < -0.3 is 9.64 Å². The lowest BCUT2D eigenvalue weighted by atomic mass is 10.1. The summed E-state index contributed by atoms with van der Waals surface area (Å²) in [5.41, 5.74) is 1.08. The molecule has 0 aromatic carbocycles. The zero-order valence-electron chi connectivity index (χ0n) is 10.8. The van der Waals surface area contributed by atoms with E-state index in [-0.39, 0.29) is 18.3 Å². The Bertz CT molecular complexity index is 392. The van der Waals surface area contributed by atoms with Crippen LogP contribution in [0.2, 0.25) is 0 Å². The number of amides is 1. The van der Waals surface area contributed by atoms with Crippen LogP contribution in [0.15, 0.2) is 24.5 Å². The molecule has 1 amide bonds. The number of ether oxygens (including phenoxy) is 1. The van der Waals surface area contributed by atoms with Crippen molar-refractivity contribution < 1.29 is 14.3 Å². The number of aryl methyl sites for hydroxylation is 1. The van der Waals surface area contributed by atoms with E-state index in [9.17, 15) is 9.59 Å². The maximum atomic E-state index is 11.8. The molecule has 1 aromatic rings. The molecule has 0 aliphatic carbocycles. The van der Waals surface area contributed by atoms with Gasteiger partial charge in [0.15, 0.2) is 0 Å². The lowest BCUT2D eigenvalue weighted by Crippen LogP contribution is -2.29. The van der Waals surface area contributed by atoms with Gasteiger partial charge in [0.1, 0.15) is 0 Å². The van der Waals surface area contributed by atoms with Crippen molar-refractivity contribution in [2.75, 3.05) is 20.7 Å². The second kappa shape index (κ2) is 7.42. The zero-order valence-corrected chi connectivity index (χ0v) is 10.8. The minimum atomic E-state index is -0.302. The number of pyridine rings is 1. The van der Waals surface area contributed by atoms with Gasteiger partial charge in [-0.1, -0.05) is 0 Å². The summed E-state index contributed by atoms with van der Waals surface area (Å²) in [6, 6.07) is 3.78. The molecule has 0 saturated carbocycles. The normalized spacial score (nSPS) is 9.89. The molecule has 0 aliphatic rings. The Kier molecular flexibility index (Phi) is 5.84. The smallest absolute Gasteiger partial charge is 0.307 e. The lowest BCUT2D eigenvalue weighted by molar-refractivity contribution is -0.141. The number of hydrogen-bond acceptors (Lipinski definition) is 4. The third kappa shape index (κ3) is 4.95. The predicted octanol–water partition coefficient (Wildman–Crippen LogP) is 1.04. The third-order valence-corrected chi connectivity index (χ3v) is 2.68. The topological polar surface area (TPSA) is 59.5 Å². The van der Waals surface area contributed by atoms with E-state index in [1.807, 2.05) is 12.1 Å². The van der Waals surface area contributed by atoms with E-state index in [2.05, 4.69) is 9.72 Å². The Morgan fingerprint density at radius 3 is 2.56 bits per heavy atom. The highest BCUT2D eigenvalue weighted by Crippen LogP contribution is 2.03. The molecule has 1 heterocycles. The number of methoxy groups -OCH3 is 1. The monoisotopic (exact) mass is 250 g/mol. The molecule has 5 heteroatoms. The van der Waals surface area contributed by atoms with E-state index < -0.39 is 0 Å². The van der Waals surface area contributed by atoms with Gasteiger partial charge in [0.05, 0.1) is 13.5 Å². The Labute approximate surface area is 107 Å². The van der Waals surface area contributed by atoms with Crippen molar-refractivity contribution in [1.82, 2.24) is 9.88 Å². The molecule has 0 unspecified atom stereocenters. The largest absolute Gasteiger partial charge is 0.469 e. The molecule has 0 saturated heterocycles. The van der Waals surface area contributed by atoms with Crippen molar-refractivity contribution >= 4 is 11.9 Å². The molecule has 0 radical (unpaired) electrons. The minimum Gasteiger partial charge on any atom is -0.469 e. The van der Waals surface area contributed by atoms with Gasteiger partial charge in [-0.3, -0.25) is 14.6 Å². The molecule has 1 aromatic heterocycles. The van der Waals surface area contributed by atoms with Crippen LogP contribution in [0, 0.1) is 0 Å². The van der Waals surface area contributed by atoms with Crippen molar-refractivity contribution in [2.45, 2.75) is 19.3 Å². The van der Waals surface area contributed by atoms with Gasteiger partial charge in [-0.2, -0.15) is 0 Å². The molecule has 5 nitrogen and oxygen atoms in total. The fourth-order valence-corrected chi connectivity index (χ4v) is 1.48. The molecular formula is C13H18N2O3. The molecule has 98 valence electrons. The van der Waals surface area contributed by atoms with E-state index in [1.165, 1.54) is 7.11 Å². The van der Waals surface area contributed by atoms with Crippen LogP contribution in [0.5, 0.6) is 0 Å². The summed E-state index contributed by atoms with van der Waals surface area (Å²) in [6.45, 7) is 0.391. The van der Waals surface area contributed by atoms with Crippen molar-refractivity contribution in [1.29, 1.82) is 0 Å². The molecule has 1 rings (SSSR count). The first-order valence-corrected chi connectivity index (χ1v) is 5.83. The zero-order chi connectivity index (χ0) is 13.4. The van der Waals surface area contributed by atoms with E-state index in [0.29, 0.717) is 19.4 Å². The molecule has 0 fully saturated rings. The van der Waals surface area contributed by atoms with Gasteiger partial charge >= 0.3 is 5.97 Å². The fourth-order valence-electron chi connectivity index (χ4n) is 1.48. The summed E-state index contributed by atoms with van der Waals surface area (Å²) in [5, 5.41) is 0. The summed E-state index contributed by atoms with van der Waals surface area (Å²) >= 11 is 0. The Morgan fingerprint density at radius 2 is 1.94 bits per heavy atom. The maximum absolute atomic E-state index is 11.8. The maximum Gasteiger partial charge on any atom is 0.307 e. The Morgan fingerprint density at radius 1 is 1.28 bits per heavy atom. The second-order valence-corrected chi connectivity index (χ2v) is 4.00. The Hall–Kier alpha value is -1.91. The summed E-state index contributed by atoms with van der Waals surface area (Å²) in [4.78, 5) is 28.2. The van der Waals surface area contributed by atoms with Crippen molar-refractivity contribution in [3.63, 3.8) is 0 Å². The number of aromatic nitrogens is 1. The highest BCUT2D eigenvalue weighted by molar-refractivity contribution is 5.77. The second-order valence-electron chi connectivity index (χ2n) is 4.00. The first kappa shape index (κ1) is 14.2. The summed E-state index contributed by atoms with van der Waals surface area (Å²) in [5.74, 6) is -0.278. The number of rotatable bonds is 6. The molecule has 0 spiro atoms. The van der Waals surface area contributed by atoms with Gasteiger partial charge in [0.25, 0.3) is 0 Å². The molecule has 18 heavy (non-hydrogen) atoms. The van der Waals surface area contributed by atoms with Crippen LogP contribution >= 0.6 is 0 Å². The molecule has 0 bridgehead atoms. The molecular weight excluding hydrogens is 232 g/mol. The van der Waals surface area contributed by atoms with Crippen LogP contribution < -0.4 is 0 Å². The number of carbonyl (C=O) groups excluding carboxylic acids is 2. The van der Waals surface area contributed by atoms with Crippen molar-refractivity contribution in [3.05, 3.63) is 30.1 Å². The number of esters is 1. The van der Waals surface area contributed by atoms with Gasteiger partial charge in [0, 0.05) is 32.4 Å². The van der Waals surface area contributed by atoms with E-state index in [4.69, 9.17) is 0 Å². The van der Waals surface area contributed by atoms with Crippen LogP contribution in [0.1, 0.15) is 18.4 Å². The average Bonchev–Trinajstić information content (AvgIpc) is 2.42. The first-order chi connectivity index (χ1) is 8.63. The van der Waals surface area contributed by atoms with Crippen LogP contribution in [-0.4, -0.2) is 42.5 Å². The average molecular weight is 250 g/mol. The summed E-state index contributed by atoms with van der Waals surface area (Å²) < 4.78 is 4.53. The SMILES string of the molecule is COC(=O)CCN(C)C(=O)CCc1ccncc1.